The third kappa shape index (κ3) is 5.38. The monoisotopic (exact) mass is 250 g/mol. The van der Waals surface area contributed by atoms with Crippen molar-refractivity contribution in [2.24, 2.45) is 11.5 Å². The molecule has 0 heterocycles. The second-order valence-electron chi connectivity index (χ2n) is 4.34. The van der Waals surface area contributed by atoms with Crippen LogP contribution in [0.25, 0.3) is 0 Å². The van der Waals surface area contributed by atoms with Crippen molar-refractivity contribution in [3.8, 4) is 0 Å². The highest BCUT2D eigenvalue weighted by Gasteiger charge is 2.37. The lowest BCUT2D eigenvalue weighted by molar-refractivity contribution is 0.122. The van der Waals surface area contributed by atoms with E-state index in [0.717, 1.165) is 25.3 Å². The first-order valence-electron chi connectivity index (χ1n) is 5.59. The van der Waals surface area contributed by atoms with E-state index in [2.05, 4.69) is 0 Å². The molecular formula is C10H26N2O3Si. The quantitative estimate of drug-likeness (QED) is 0.589. The van der Waals surface area contributed by atoms with E-state index in [4.69, 9.17) is 24.7 Å². The first kappa shape index (κ1) is 16.0. The first-order chi connectivity index (χ1) is 7.45. The van der Waals surface area contributed by atoms with E-state index >= 15 is 0 Å². The molecule has 0 spiro atoms. The fraction of sp³-hybridized carbons (Fsp3) is 1.00. The molecular weight excluding hydrogens is 224 g/mol. The van der Waals surface area contributed by atoms with Crippen LogP contribution in [-0.2, 0) is 13.3 Å². The molecule has 0 rings (SSSR count). The van der Waals surface area contributed by atoms with Gasteiger partial charge < -0.3 is 24.7 Å². The molecule has 0 aliphatic carbocycles. The molecule has 0 saturated carbocycles. The minimum absolute atomic E-state index is 0.204. The molecule has 0 amide bonds. The van der Waals surface area contributed by atoms with Gasteiger partial charge in [0.1, 0.15) is 0 Å². The van der Waals surface area contributed by atoms with Gasteiger partial charge in [-0.3, -0.25) is 0 Å². The summed E-state index contributed by atoms with van der Waals surface area (Å²) in [4.78, 5) is 0. The van der Waals surface area contributed by atoms with Crippen LogP contribution >= 0.6 is 0 Å². The second-order valence-corrected chi connectivity index (χ2v) is 7.43. The molecule has 0 bridgehead atoms. The van der Waals surface area contributed by atoms with E-state index in [1.165, 1.54) is 0 Å². The maximum absolute atomic E-state index is 6.09. The molecule has 0 aromatic rings. The van der Waals surface area contributed by atoms with Crippen LogP contribution in [0.2, 0.25) is 6.04 Å². The van der Waals surface area contributed by atoms with Crippen molar-refractivity contribution in [2.75, 3.05) is 27.9 Å². The van der Waals surface area contributed by atoms with Gasteiger partial charge in [0.05, 0.1) is 0 Å². The summed E-state index contributed by atoms with van der Waals surface area (Å²) in [6.07, 6.45) is 2.65. The predicted octanol–water partition coefficient (Wildman–Crippen LogP) is 0.711. The van der Waals surface area contributed by atoms with Crippen molar-refractivity contribution in [3.63, 3.8) is 0 Å². The Kier molecular flexibility index (Phi) is 7.37. The second kappa shape index (κ2) is 7.36. The fourth-order valence-electron chi connectivity index (χ4n) is 1.72. The third-order valence-electron chi connectivity index (χ3n) is 2.88. The molecule has 5 nitrogen and oxygen atoms in total. The Balaban J connectivity index is 4.04. The number of nitrogens with two attached hydrogens (primary N) is 2. The van der Waals surface area contributed by atoms with Crippen LogP contribution < -0.4 is 11.5 Å². The van der Waals surface area contributed by atoms with Gasteiger partial charge in [-0.05, 0) is 32.7 Å². The van der Waals surface area contributed by atoms with Crippen LogP contribution in [0.15, 0.2) is 0 Å². The maximum atomic E-state index is 6.09. The van der Waals surface area contributed by atoms with E-state index in [1.54, 1.807) is 21.3 Å². The topological polar surface area (TPSA) is 79.7 Å². The van der Waals surface area contributed by atoms with Crippen molar-refractivity contribution >= 4 is 8.80 Å². The molecule has 1 unspecified atom stereocenters. The van der Waals surface area contributed by atoms with Gasteiger partial charge in [-0.15, -0.1) is 0 Å². The van der Waals surface area contributed by atoms with Crippen molar-refractivity contribution in [2.45, 2.75) is 37.8 Å². The van der Waals surface area contributed by atoms with Crippen molar-refractivity contribution in [1.29, 1.82) is 0 Å². The molecule has 0 aliphatic heterocycles. The van der Waals surface area contributed by atoms with E-state index in [9.17, 15) is 0 Å². The Morgan fingerprint density at radius 2 is 1.56 bits per heavy atom. The highest BCUT2D eigenvalue weighted by Crippen LogP contribution is 2.21. The van der Waals surface area contributed by atoms with E-state index in [0.29, 0.717) is 6.54 Å². The summed E-state index contributed by atoms with van der Waals surface area (Å²) >= 11 is 0. The largest absolute Gasteiger partial charge is 0.500 e. The summed E-state index contributed by atoms with van der Waals surface area (Å²) in [5, 5.41) is 0. The van der Waals surface area contributed by atoms with Gasteiger partial charge >= 0.3 is 8.80 Å². The Morgan fingerprint density at radius 3 is 1.94 bits per heavy atom. The maximum Gasteiger partial charge on any atom is 0.500 e. The zero-order valence-electron chi connectivity index (χ0n) is 10.9. The lowest BCUT2D eigenvalue weighted by Crippen LogP contribution is -2.44. The Labute approximate surface area is 99.8 Å². The minimum Gasteiger partial charge on any atom is -0.377 e. The Hall–Kier alpha value is 0.0169. The molecule has 4 N–H and O–H groups in total. The number of hydrogen-bond acceptors (Lipinski definition) is 5. The summed E-state index contributed by atoms with van der Waals surface area (Å²) < 4.78 is 16.0. The molecule has 0 aliphatic rings. The standard InChI is InChI=1S/C10H26N2O3Si/c1-10(12,7-8-11)6-5-9-16(13-2,14-3)15-4/h5-9,11-12H2,1-4H3. The summed E-state index contributed by atoms with van der Waals surface area (Å²) in [6, 6.07) is 0.786. The van der Waals surface area contributed by atoms with Gasteiger partial charge in [0.25, 0.3) is 0 Å². The molecule has 0 saturated heterocycles. The Bertz CT molecular complexity index is 179. The molecule has 16 heavy (non-hydrogen) atoms. The highest BCUT2D eigenvalue weighted by atomic mass is 28.4. The smallest absolute Gasteiger partial charge is 0.377 e. The van der Waals surface area contributed by atoms with Crippen LogP contribution in [-0.4, -0.2) is 42.2 Å². The van der Waals surface area contributed by atoms with Crippen LogP contribution in [0.5, 0.6) is 0 Å². The van der Waals surface area contributed by atoms with Crippen molar-refractivity contribution in [1.82, 2.24) is 0 Å². The van der Waals surface area contributed by atoms with Gasteiger partial charge in [0.15, 0.2) is 0 Å². The number of rotatable bonds is 9. The summed E-state index contributed by atoms with van der Waals surface area (Å²) in [7, 11) is 2.45. The highest BCUT2D eigenvalue weighted by molar-refractivity contribution is 6.60. The summed E-state index contributed by atoms with van der Waals surface area (Å²) in [5.41, 5.74) is 11.4. The van der Waals surface area contributed by atoms with Crippen molar-refractivity contribution in [3.05, 3.63) is 0 Å². The third-order valence-corrected chi connectivity index (χ3v) is 5.71. The Morgan fingerprint density at radius 1 is 1.06 bits per heavy atom. The lowest BCUT2D eigenvalue weighted by atomic mass is 9.94. The van der Waals surface area contributed by atoms with Gasteiger partial charge in [-0.25, -0.2) is 0 Å². The number of hydrogen-bond donors (Lipinski definition) is 2. The zero-order chi connectivity index (χ0) is 12.7. The minimum atomic E-state index is -2.43. The van der Waals surface area contributed by atoms with Gasteiger partial charge in [-0.2, -0.15) is 0 Å². The average Bonchev–Trinajstić information content (AvgIpc) is 2.25. The zero-order valence-corrected chi connectivity index (χ0v) is 11.9. The van der Waals surface area contributed by atoms with E-state index in [1.807, 2.05) is 6.92 Å². The molecule has 1 atom stereocenters. The molecule has 0 radical (unpaired) electrons. The lowest BCUT2D eigenvalue weighted by Gasteiger charge is -2.27. The van der Waals surface area contributed by atoms with E-state index < -0.39 is 8.80 Å². The molecule has 6 heteroatoms. The van der Waals surface area contributed by atoms with Gasteiger partial charge in [-0.1, -0.05) is 0 Å². The van der Waals surface area contributed by atoms with Crippen LogP contribution in [0.4, 0.5) is 0 Å². The normalized spacial score (nSPS) is 16.1. The van der Waals surface area contributed by atoms with Gasteiger partial charge in [0, 0.05) is 32.9 Å². The molecule has 98 valence electrons. The first-order valence-corrected chi connectivity index (χ1v) is 7.53. The fourth-order valence-corrected chi connectivity index (χ4v) is 3.44. The molecule has 0 aromatic heterocycles. The predicted molar refractivity (Wildman–Crippen MR) is 67.1 cm³/mol. The van der Waals surface area contributed by atoms with Crippen LogP contribution in [0.3, 0.4) is 0 Å². The summed E-state index contributed by atoms with van der Waals surface area (Å²) in [6.45, 7) is 2.64. The molecule has 0 aromatic carbocycles. The molecule has 0 fully saturated rings. The van der Waals surface area contributed by atoms with Crippen LogP contribution in [0, 0.1) is 0 Å². The summed E-state index contributed by atoms with van der Waals surface area (Å²) in [5.74, 6) is 0. The van der Waals surface area contributed by atoms with E-state index in [-0.39, 0.29) is 5.54 Å². The SMILES string of the molecule is CO[Si](CCCC(C)(N)CCN)(OC)OC. The van der Waals surface area contributed by atoms with Crippen molar-refractivity contribution < 1.29 is 13.3 Å². The van der Waals surface area contributed by atoms with Crippen LogP contribution in [0.1, 0.15) is 26.2 Å². The van der Waals surface area contributed by atoms with Gasteiger partial charge in [0.2, 0.25) is 0 Å². The average molecular weight is 250 g/mol.